The maximum absolute atomic E-state index is 13.0. The van der Waals surface area contributed by atoms with Crippen LogP contribution >= 0.6 is 0 Å². The third kappa shape index (κ3) is 2.41. The Bertz CT molecular complexity index is 582. The van der Waals surface area contributed by atoms with Crippen molar-refractivity contribution in [3.05, 3.63) is 35.6 Å². The average molecular weight is 290 g/mol. The quantitative estimate of drug-likeness (QED) is 0.923. The molecule has 2 atom stereocenters. The maximum atomic E-state index is 13.0. The monoisotopic (exact) mass is 290 g/mol. The van der Waals surface area contributed by atoms with E-state index < -0.39 is 11.6 Å². The molecule has 2 aliphatic rings. The van der Waals surface area contributed by atoms with Crippen LogP contribution in [0.1, 0.15) is 32.3 Å². The molecule has 1 aliphatic heterocycles. The minimum absolute atomic E-state index is 0.0403. The van der Waals surface area contributed by atoms with Gasteiger partial charge in [0, 0.05) is 6.54 Å². The van der Waals surface area contributed by atoms with Crippen LogP contribution < -0.4 is 5.32 Å². The molecule has 1 N–H and O–H groups in total. The largest absolute Gasteiger partial charge is 0.340 e. The summed E-state index contributed by atoms with van der Waals surface area (Å²) in [6, 6.07) is 5.53. The van der Waals surface area contributed by atoms with Gasteiger partial charge in [-0.25, -0.2) is 4.39 Å². The van der Waals surface area contributed by atoms with Crippen molar-refractivity contribution in [1.82, 2.24) is 10.2 Å². The molecular weight excluding hydrogens is 271 g/mol. The first-order valence-corrected chi connectivity index (χ1v) is 7.29. The summed E-state index contributed by atoms with van der Waals surface area (Å²) in [4.78, 5) is 26.6. The van der Waals surface area contributed by atoms with Gasteiger partial charge in [0.05, 0.1) is 0 Å². The normalized spacial score (nSPS) is 29.5. The van der Waals surface area contributed by atoms with E-state index in [1.54, 1.807) is 24.0 Å². The van der Waals surface area contributed by atoms with Crippen LogP contribution in [0.5, 0.6) is 0 Å². The molecule has 2 fully saturated rings. The Balaban J connectivity index is 1.85. The SMILES string of the molecule is CC1C(=O)NC(C)(C2CC2)C(=O)N1Cc1ccc(F)cc1. The molecule has 0 bridgehead atoms. The van der Waals surface area contributed by atoms with E-state index in [1.807, 2.05) is 6.92 Å². The van der Waals surface area contributed by atoms with E-state index in [2.05, 4.69) is 5.32 Å². The number of piperazine rings is 1. The molecule has 1 aliphatic carbocycles. The van der Waals surface area contributed by atoms with Crippen LogP contribution in [0.4, 0.5) is 4.39 Å². The van der Waals surface area contributed by atoms with Crippen LogP contribution in [-0.4, -0.2) is 28.3 Å². The van der Waals surface area contributed by atoms with Crippen LogP contribution in [0, 0.1) is 11.7 Å². The summed E-state index contributed by atoms with van der Waals surface area (Å²) in [5, 5.41) is 2.89. The Morgan fingerprint density at radius 2 is 1.90 bits per heavy atom. The number of nitrogens with one attached hydrogen (secondary N) is 1. The first-order chi connectivity index (χ1) is 9.91. The summed E-state index contributed by atoms with van der Waals surface area (Å²) < 4.78 is 13.0. The topological polar surface area (TPSA) is 49.4 Å². The number of rotatable bonds is 3. The number of benzene rings is 1. The predicted octanol–water partition coefficient (Wildman–Crippen LogP) is 1.84. The highest BCUT2D eigenvalue weighted by Gasteiger charge is 2.54. The number of hydrogen-bond donors (Lipinski definition) is 1. The predicted molar refractivity (Wildman–Crippen MR) is 75.7 cm³/mol. The molecule has 0 spiro atoms. The Kier molecular flexibility index (Phi) is 3.23. The second-order valence-corrected chi connectivity index (χ2v) is 6.20. The molecule has 112 valence electrons. The number of nitrogens with zero attached hydrogens (tertiary/aromatic N) is 1. The maximum Gasteiger partial charge on any atom is 0.249 e. The van der Waals surface area contributed by atoms with E-state index in [-0.39, 0.29) is 23.5 Å². The third-order valence-corrected chi connectivity index (χ3v) is 4.59. The van der Waals surface area contributed by atoms with Crippen LogP contribution in [-0.2, 0) is 16.1 Å². The van der Waals surface area contributed by atoms with Crippen molar-refractivity contribution in [3.63, 3.8) is 0 Å². The Morgan fingerprint density at radius 3 is 2.48 bits per heavy atom. The molecule has 1 saturated carbocycles. The van der Waals surface area contributed by atoms with E-state index in [4.69, 9.17) is 0 Å². The highest BCUT2D eigenvalue weighted by Crippen LogP contribution is 2.42. The number of halogens is 1. The van der Waals surface area contributed by atoms with Gasteiger partial charge in [-0.3, -0.25) is 9.59 Å². The van der Waals surface area contributed by atoms with Gasteiger partial charge in [0.25, 0.3) is 0 Å². The van der Waals surface area contributed by atoms with Crippen molar-refractivity contribution in [2.75, 3.05) is 0 Å². The van der Waals surface area contributed by atoms with E-state index >= 15 is 0 Å². The molecule has 2 unspecified atom stereocenters. The standard InChI is InChI=1S/C16H19FN2O2/c1-10-14(20)18-16(2,12-5-6-12)15(21)19(10)9-11-3-7-13(17)8-4-11/h3-4,7-8,10,12H,5-6,9H2,1-2H3,(H,18,20). The van der Waals surface area contributed by atoms with Crippen LogP contribution in [0.3, 0.4) is 0 Å². The molecule has 0 aromatic heterocycles. The number of amides is 2. The fourth-order valence-electron chi connectivity index (χ4n) is 2.96. The average Bonchev–Trinajstić information content (AvgIpc) is 3.28. The zero-order valence-electron chi connectivity index (χ0n) is 12.2. The summed E-state index contributed by atoms with van der Waals surface area (Å²) in [6.07, 6.45) is 1.95. The molecule has 4 nitrogen and oxygen atoms in total. The molecule has 1 aromatic carbocycles. The fourth-order valence-corrected chi connectivity index (χ4v) is 2.96. The zero-order valence-corrected chi connectivity index (χ0v) is 12.2. The summed E-state index contributed by atoms with van der Waals surface area (Å²) in [7, 11) is 0. The highest BCUT2D eigenvalue weighted by molar-refractivity contribution is 5.99. The number of hydrogen-bond acceptors (Lipinski definition) is 2. The van der Waals surface area contributed by atoms with Gasteiger partial charge in [-0.15, -0.1) is 0 Å². The lowest BCUT2D eigenvalue weighted by molar-refractivity contribution is -0.155. The number of carbonyl (C=O) groups is 2. The summed E-state index contributed by atoms with van der Waals surface area (Å²) in [6.45, 7) is 3.87. The minimum atomic E-state index is -0.788. The summed E-state index contributed by atoms with van der Waals surface area (Å²) >= 11 is 0. The van der Waals surface area contributed by atoms with Gasteiger partial charge in [-0.1, -0.05) is 12.1 Å². The van der Waals surface area contributed by atoms with Gasteiger partial charge >= 0.3 is 0 Å². The van der Waals surface area contributed by atoms with Crippen molar-refractivity contribution in [2.24, 2.45) is 5.92 Å². The molecule has 3 rings (SSSR count). The van der Waals surface area contributed by atoms with E-state index in [9.17, 15) is 14.0 Å². The Morgan fingerprint density at radius 1 is 1.29 bits per heavy atom. The van der Waals surface area contributed by atoms with Gasteiger partial charge in [-0.05, 0) is 50.3 Å². The second-order valence-electron chi connectivity index (χ2n) is 6.20. The second kappa shape index (κ2) is 4.83. The van der Waals surface area contributed by atoms with Gasteiger partial charge in [0.15, 0.2) is 0 Å². The first-order valence-electron chi connectivity index (χ1n) is 7.29. The molecular formula is C16H19FN2O2. The van der Waals surface area contributed by atoms with Gasteiger partial charge in [0.2, 0.25) is 11.8 Å². The van der Waals surface area contributed by atoms with Crippen molar-refractivity contribution in [3.8, 4) is 0 Å². The smallest absolute Gasteiger partial charge is 0.249 e. The van der Waals surface area contributed by atoms with Gasteiger partial charge in [-0.2, -0.15) is 0 Å². The third-order valence-electron chi connectivity index (χ3n) is 4.59. The lowest BCUT2D eigenvalue weighted by atomic mass is 9.89. The van der Waals surface area contributed by atoms with Crippen LogP contribution in [0.25, 0.3) is 0 Å². The van der Waals surface area contributed by atoms with Gasteiger partial charge in [0.1, 0.15) is 17.4 Å². The Labute approximate surface area is 123 Å². The lowest BCUT2D eigenvalue weighted by Gasteiger charge is -2.43. The van der Waals surface area contributed by atoms with Crippen LogP contribution in [0.2, 0.25) is 0 Å². The van der Waals surface area contributed by atoms with Crippen LogP contribution in [0.15, 0.2) is 24.3 Å². The lowest BCUT2D eigenvalue weighted by Crippen LogP contribution is -2.69. The molecule has 2 amide bonds. The van der Waals surface area contributed by atoms with Crippen molar-refractivity contribution >= 4 is 11.8 Å². The molecule has 21 heavy (non-hydrogen) atoms. The van der Waals surface area contributed by atoms with Crippen molar-refractivity contribution < 1.29 is 14.0 Å². The Hall–Kier alpha value is -1.91. The van der Waals surface area contributed by atoms with Crippen molar-refractivity contribution in [2.45, 2.75) is 44.8 Å². The summed E-state index contributed by atoms with van der Waals surface area (Å²) in [5.74, 6) is -0.234. The summed E-state index contributed by atoms with van der Waals surface area (Å²) in [5.41, 5.74) is 0.0355. The minimum Gasteiger partial charge on any atom is -0.340 e. The molecule has 1 heterocycles. The molecule has 0 radical (unpaired) electrons. The fraction of sp³-hybridized carbons (Fsp3) is 0.500. The zero-order chi connectivity index (χ0) is 15.2. The first kappa shape index (κ1) is 14.0. The van der Waals surface area contributed by atoms with Crippen molar-refractivity contribution in [1.29, 1.82) is 0 Å². The van der Waals surface area contributed by atoms with E-state index in [0.29, 0.717) is 6.54 Å². The molecule has 1 aromatic rings. The van der Waals surface area contributed by atoms with E-state index in [0.717, 1.165) is 18.4 Å². The van der Waals surface area contributed by atoms with E-state index in [1.165, 1.54) is 12.1 Å². The highest BCUT2D eigenvalue weighted by atomic mass is 19.1. The molecule has 5 heteroatoms. The number of carbonyl (C=O) groups excluding carboxylic acids is 2. The molecule has 1 saturated heterocycles. The van der Waals surface area contributed by atoms with Gasteiger partial charge < -0.3 is 10.2 Å².